The molecular formula is C40H40N2O6Se. The van der Waals surface area contributed by atoms with Gasteiger partial charge in [-0.05, 0) is 0 Å². The van der Waals surface area contributed by atoms with E-state index < -0.39 is 35.3 Å². The van der Waals surface area contributed by atoms with Crippen molar-refractivity contribution >= 4 is 19.4 Å². The number of benzene rings is 4. The van der Waals surface area contributed by atoms with E-state index in [9.17, 15) is 9.59 Å². The quantitative estimate of drug-likeness (QED) is 0.0910. The molecule has 4 aromatic carbocycles. The Hall–Kier alpha value is -4.50. The summed E-state index contributed by atoms with van der Waals surface area (Å²) >= 11 is -0.128. The average Bonchev–Trinajstić information content (AvgIpc) is 3.47. The van der Waals surface area contributed by atoms with Gasteiger partial charge in [0.25, 0.3) is 0 Å². The molecule has 0 amide bonds. The van der Waals surface area contributed by atoms with E-state index in [-0.39, 0.29) is 26.4 Å². The van der Waals surface area contributed by atoms with Gasteiger partial charge in [0.05, 0.1) is 0 Å². The first-order valence-electron chi connectivity index (χ1n) is 16.4. The van der Waals surface area contributed by atoms with Gasteiger partial charge in [0, 0.05) is 0 Å². The van der Waals surface area contributed by atoms with Crippen LogP contribution in [0.5, 0.6) is 5.75 Å². The van der Waals surface area contributed by atoms with Crippen LogP contribution in [0.3, 0.4) is 0 Å². The van der Waals surface area contributed by atoms with E-state index in [4.69, 9.17) is 18.9 Å². The zero-order valence-electron chi connectivity index (χ0n) is 27.5. The van der Waals surface area contributed by atoms with E-state index in [0.29, 0.717) is 6.61 Å². The number of aromatic nitrogens is 2. The molecule has 5 aromatic rings. The Morgan fingerprint density at radius 2 is 1.43 bits per heavy atom. The summed E-state index contributed by atoms with van der Waals surface area (Å²) in [6.07, 6.45) is 4.66. The van der Waals surface area contributed by atoms with Crippen LogP contribution in [0.4, 0.5) is 0 Å². The molecule has 49 heavy (non-hydrogen) atoms. The number of aromatic amines is 1. The predicted octanol–water partition coefficient (Wildman–Crippen LogP) is 5.62. The van der Waals surface area contributed by atoms with E-state index >= 15 is 0 Å². The number of ether oxygens (including phenoxy) is 4. The Morgan fingerprint density at radius 3 is 2.02 bits per heavy atom. The summed E-state index contributed by atoms with van der Waals surface area (Å²) in [6.45, 7) is 2.62. The fourth-order valence-electron chi connectivity index (χ4n) is 6.20. The fraction of sp³-hybridized carbons (Fsp3) is 0.250. The second-order valence-electron chi connectivity index (χ2n) is 11.6. The molecule has 1 aliphatic rings. The second kappa shape index (κ2) is 16.3. The molecule has 2 heterocycles. The maximum atomic E-state index is 13.2. The molecule has 1 aromatic heterocycles. The van der Waals surface area contributed by atoms with Crippen molar-refractivity contribution in [3.05, 3.63) is 177 Å². The summed E-state index contributed by atoms with van der Waals surface area (Å²) in [4.78, 5) is 27.4. The number of nitrogens with zero attached hydrogens (tertiary/aromatic N) is 1. The number of rotatable bonds is 14. The number of nitrogens with one attached hydrogen (secondary N) is 1. The van der Waals surface area contributed by atoms with Crippen LogP contribution in [0, 0.1) is 0 Å². The first-order valence-corrected chi connectivity index (χ1v) is 18.2. The third-order valence-electron chi connectivity index (χ3n) is 8.53. The number of allylic oxidation sites excluding steroid dienone is 1. The van der Waals surface area contributed by atoms with E-state index in [1.165, 1.54) is 21.3 Å². The molecule has 0 spiro atoms. The van der Waals surface area contributed by atoms with Crippen LogP contribution in [0.15, 0.2) is 149 Å². The third-order valence-corrected chi connectivity index (χ3v) is 11.4. The van der Waals surface area contributed by atoms with Gasteiger partial charge in [-0.15, -0.1) is 0 Å². The van der Waals surface area contributed by atoms with Crippen molar-refractivity contribution in [3.63, 3.8) is 0 Å². The van der Waals surface area contributed by atoms with Crippen LogP contribution in [0.25, 0.3) is 0 Å². The average molecular weight is 724 g/mol. The van der Waals surface area contributed by atoms with Crippen molar-refractivity contribution in [2.24, 2.45) is 0 Å². The Morgan fingerprint density at radius 1 is 0.816 bits per heavy atom. The summed E-state index contributed by atoms with van der Waals surface area (Å²) in [5.41, 5.74) is 0.821. The molecule has 1 N–H and O–H groups in total. The number of hydrogen-bond donors (Lipinski definition) is 1. The van der Waals surface area contributed by atoms with Crippen LogP contribution in [-0.2, 0) is 19.8 Å². The first-order chi connectivity index (χ1) is 24.0. The number of H-pyrrole nitrogens is 1. The van der Waals surface area contributed by atoms with Crippen molar-refractivity contribution < 1.29 is 18.9 Å². The molecule has 252 valence electrons. The zero-order valence-corrected chi connectivity index (χ0v) is 29.2. The zero-order chi connectivity index (χ0) is 34.1. The van der Waals surface area contributed by atoms with Gasteiger partial charge in [-0.3, -0.25) is 0 Å². The van der Waals surface area contributed by atoms with Crippen LogP contribution in [0.2, 0.25) is 4.82 Å². The van der Waals surface area contributed by atoms with Gasteiger partial charge >= 0.3 is 293 Å². The van der Waals surface area contributed by atoms with Crippen molar-refractivity contribution in [2.75, 3.05) is 20.3 Å². The topological polar surface area (TPSA) is 91.8 Å². The minimum absolute atomic E-state index is 0.128. The molecule has 0 aliphatic carbocycles. The molecule has 0 radical (unpaired) electrons. The van der Waals surface area contributed by atoms with Crippen LogP contribution in [-0.4, -0.2) is 57.0 Å². The maximum absolute atomic E-state index is 13.2. The molecular weight excluding hydrogens is 683 g/mol. The van der Waals surface area contributed by atoms with Gasteiger partial charge in [0.2, 0.25) is 0 Å². The molecule has 0 unspecified atom stereocenters. The van der Waals surface area contributed by atoms with Crippen LogP contribution >= 0.6 is 0 Å². The minimum atomic E-state index is -1.00. The molecule has 0 bridgehead atoms. The third kappa shape index (κ3) is 7.72. The molecule has 6 rings (SSSR count). The Labute approximate surface area is 292 Å². The normalized spacial score (nSPS) is 19.3. The van der Waals surface area contributed by atoms with Gasteiger partial charge < -0.3 is 0 Å². The van der Waals surface area contributed by atoms with Crippen LogP contribution < -0.4 is 20.4 Å². The monoisotopic (exact) mass is 724 g/mol. The number of methoxy groups -OCH3 is 1. The van der Waals surface area contributed by atoms with Crippen molar-refractivity contribution in [3.8, 4) is 5.75 Å². The predicted molar refractivity (Wildman–Crippen MR) is 192 cm³/mol. The summed E-state index contributed by atoms with van der Waals surface area (Å²) in [5, 5.41) is 0. The molecule has 9 heteroatoms. The molecule has 8 nitrogen and oxygen atoms in total. The SMILES string of the molecule is CC/C=C/CO[C@H]1[C@H]([Se]c2ccccc2)[C@@H](COC(c2ccccc2)(c2ccccc2)c2ccc(OC)cc2)O[C@H]1n1ccc(=O)[nH]c1=O. The standard InChI is InChI=1S/C40H40N2O6Se/c1-3-4-14-27-46-36-37(49-33-19-12-7-13-20-33)34(48-38(36)42-26-25-35(43)41-39(42)44)28-47-40(29-15-8-5-9-16-29,30-17-10-6-11-18-30)31-21-23-32(45-2)24-22-31/h4-26,34,36-38H,3,27-28H2,1-2H3,(H,41,43,44)/b14-4+/t34-,36+,37-,38-/m1/s1. The molecule has 0 saturated carbocycles. The van der Waals surface area contributed by atoms with Gasteiger partial charge in [0.15, 0.2) is 0 Å². The summed E-state index contributed by atoms with van der Waals surface area (Å²) in [5.74, 6) is 0.745. The van der Waals surface area contributed by atoms with E-state index in [1.54, 1.807) is 7.11 Å². The molecule has 1 aliphatic heterocycles. The van der Waals surface area contributed by atoms with Crippen LogP contribution in [0.1, 0.15) is 36.3 Å². The summed E-state index contributed by atoms with van der Waals surface area (Å²) < 4.78 is 28.8. The second-order valence-corrected chi connectivity index (χ2v) is 14.2. The first kappa shape index (κ1) is 34.4. The Bertz CT molecular complexity index is 1870. The molecule has 4 atom stereocenters. The van der Waals surface area contributed by atoms with Gasteiger partial charge in [-0.25, -0.2) is 0 Å². The Kier molecular flexibility index (Phi) is 11.4. The van der Waals surface area contributed by atoms with Crippen molar-refractivity contribution in [1.29, 1.82) is 0 Å². The molecule has 1 saturated heterocycles. The van der Waals surface area contributed by atoms with E-state index in [0.717, 1.165) is 28.9 Å². The van der Waals surface area contributed by atoms with E-state index in [2.05, 4.69) is 54.4 Å². The number of hydrogen-bond acceptors (Lipinski definition) is 6. The van der Waals surface area contributed by atoms with Crippen molar-refractivity contribution in [2.45, 2.75) is 42.2 Å². The summed E-state index contributed by atoms with van der Waals surface area (Å²) in [7, 11) is 1.65. The van der Waals surface area contributed by atoms with E-state index in [1.807, 2.05) is 84.9 Å². The molecule has 1 fully saturated rings. The Balaban J connectivity index is 1.45. The van der Waals surface area contributed by atoms with Gasteiger partial charge in [0.1, 0.15) is 0 Å². The van der Waals surface area contributed by atoms with Gasteiger partial charge in [-0.1, -0.05) is 0 Å². The van der Waals surface area contributed by atoms with Crippen molar-refractivity contribution in [1.82, 2.24) is 9.55 Å². The van der Waals surface area contributed by atoms with Gasteiger partial charge in [-0.2, -0.15) is 0 Å². The summed E-state index contributed by atoms with van der Waals surface area (Å²) in [6, 6.07) is 39.9. The fourth-order valence-corrected chi connectivity index (χ4v) is 8.86.